The van der Waals surface area contributed by atoms with Crippen LogP contribution in [0.2, 0.25) is 5.02 Å². The Hall–Kier alpha value is -1.52. The number of rotatable bonds is 6. The van der Waals surface area contributed by atoms with Gasteiger partial charge in [0, 0.05) is 17.6 Å². The van der Waals surface area contributed by atoms with Crippen LogP contribution in [0.25, 0.3) is 0 Å². The molecule has 0 spiro atoms. The van der Waals surface area contributed by atoms with Gasteiger partial charge in [0.2, 0.25) is 5.88 Å². The van der Waals surface area contributed by atoms with Crippen molar-refractivity contribution in [1.29, 1.82) is 0 Å². The zero-order valence-electron chi connectivity index (χ0n) is 14.0. The van der Waals surface area contributed by atoms with Crippen molar-refractivity contribution < 1.29 is 4.74 Å². The number of benzene rings is 1. The van der Waals surface area contributed by atoms with Crippen molar-refractivity contribution in [1.82, 2.24) is 15.1 Å². The van der Waals surface area contributed by atoms with Crippen molar-refractivity contribution in [3.8, 4) is 5.88 Å². The molecular weight excluding hydrogens is 322 g/mol. The van der Waals surface area contributed by atoms with Gasteiger partial charge in [-0.2, -0.15) is 5.10 Å². The van der Waals surface area contributed by atoms with Crippen molar-refractivity contribution in [2.45, 2.75) is 44.9 Å². The smallest absolute Gasteiger partial charge is 0.212 e. The summed E-state index contributed by atoms with van der Waals surface area (Å²) in [5, 5.41) is 8.76. The maximum Gasteiger partial charge on any atom is 0.212 e. The van der Waals surface area contributed by atoms with Crippen LogP contribution in [0.1, 0.15) is 43.0 Å². The summed E-state index contributed by atoms with van der Waals surface area (Å²) < 4.78 is 8.29. The van der Waals surface area contributed by atoms with Crippen molar-refractivity contribution in [2.24, 2.45) is 11.8 Å². The normalized spacial score (nSPS) is 25.3. The van der Waals surface area contributed by atoms with E-state index in [1.807, 2.05) is 31.3 Å². The molecule has 1 aromatic heterocycles. The predicted octanol–water partition coefficient (Wildman–Crippen LogP) is 4.20. The number of halogens is 1. The van der Waals surface area contributed by atoms with Crippen LogP contribution in [0.3, 0.4) is 0 Å². The Balaban J connectivity index is 1.54. The maximum absolute atomic E-state index is 6.14. The summed E-state index contributed by atoms with van der Waals surface area (Å²) in [5.41, 5.74) is 2.12. The van der Waals surface area contributed by atoms with Crippen LogP contribution in [-0.4, -0.2) is 16.8 Å². The molecule has 5 heteroatoms. The molecule has 2 aliphatic rings. The number of hydrogen-bond donors (Lipinski definition) is 1. The lowest BCUT2D eigenvalue weighted by Crippen LogP contribution is -2.19. The van der Waals surface area contributed by atoms with E-state index in [2.05, 4.69) is 16.1 Å². The molecule has 0 radical (unpaired) electrons. The average molecular weight is 346 g/mol. The van der Waals surface area contributed by atoms with Crippen molar-refractivity contribution >= 4 is 11.6 Å². The van der Waals surface area contributed by atoms with Crippen LogP contribution in [0.5, 0.6) is 5.88 Å². The van der Waals surface area contributed by atoms with Gasteiger partial charge in [-0.15, -0.1) is 0 Å². The second-order valence-electron chi connectivity index (χ2n) is 7.11. The first-order valence-electron chi connectivity index (χ1n) is 8.83. The minimum absolute atomic E-state index is 0.503. The van der Waals surface area contributed by atoms with E-state index in [0.29, 0.717) is 12.6 Å². The van der Waals surface area contributed by atoms with Crippen LogP contribution in [-0.2, 0) is 13.2 Å². The van der Waals surface area contributed by atoms with E-state index in [0.717, 1.165) is 40.5 Å². The van der Waals surface area contributed by atoms with E-state index >= 15 is 0 Å². The summed E-state index contributed by atoms with van der Waals surface area (Å²) in [5.74, 6) is 2.54. The van der Waals surface area contributed by atoms with Crippen LogP contribution < -0.4 is 10.1 Å². The third-order valence-electron chi connectivity index (χ3n) is 5.40. The summed E-state index contributed by atoms with van der Waals surface area (Å²) >= 11 is 6.07. The molecule has 0 aliphatic heterocycles. The van der Waals surface area contributed by atoms with E-state index in [-0.39, 0.29) is 0 Å². The summed E-state index contributed by atoms with van der Waals surface area (Å²) in [6.07, 6.45) is 5.34. The molecular formula is C19H24ClN3O. The number of fused-ring (bicyclic) bond motifs is 2. The second-order valence-corrected chi connectivity index (χ2v) is 7.55. The average Bonchev–Trinajstić information content (AvgIpc) is 3.28. The molecule has 0 saturated heterocycles. The molecule has 1 aromatic carbocycles. The molecule has 1 N–H and O–H groups in total. The van der Waals surface area contributed by atoms with Crippen LogP contribution in [0, 0.1) is 11.8 Å². The molecule has 24 heavy (non-hydrogen) atoms. The predicted molar refractivity (Wildman–Crippen MR) is 95.3 cm³/mol. The number of aromatic nitrogens is 2. The van der Waals surface area contributed by atoms with Gasteiger partial charge in [-0.05, 0) is 55.8 Å². The molecule has 3 unspecified atom stereocenters. The van der Waals surface area contributed by atoms with Crippen LogP contribution >= 0.6 is 11.6 Å². The fourth-order valence-corrected chi connectivity index (χ4v) is 4.55. The highest BCUT2D eigenvalue weighted by Crippen LogP contribution is 2.51. The maximum atomic E-state index is 6.14. The topological polar surface area (TPSA) is 39.1 Å². The van der Waals surface area contributed by atoms with Gasteiger partial charge in [-0.3, -0.25) is 0 Å². The van der Waals surface area contributed by atoms with Crippen molar-refractivity contribution in [3.05, 3.63) is 46.6 Å². The third-order valence-corrected chi connectivity index (χ3v) is 5.64. The highest BCUT2D eigenvalue weighted by atomic mass is 35.5. The van der Waals surface area contributed by atoms with Gasteiger partial charge in [-0.1, -0.05) is 30.2 Å². The van der Waals surface area contributed by atoms with Crippen LogP contribution in [0.4, 0.5) is 0 Å². The Morgan fingerprint density at radius 2 is 2.21 bits per heavy atom. The lowest BCUT2D eigenvalue weighted by Gasteiger charge is -2.23. The Morgan fingerprint density at radius 1 is 1.29 bits per heavy atom. The lowest BCUT2D eigenvalue weighted by atomic mass is 9.95. The molecule has 2 aliphatic carbocycles. The van der Waals surface area contributed by atoms with Gasteiger partial charge in [0.05, 0.1) is 11.7 Å². The molecule has 2 saturated carbocycles. The number of ether oxygens (including phenoxy) is 1. The van der Waals surface area contributed by atoms with Crippen molar-refractivity contribution in [2.75, 3.05) is 7.05 Å². The Morgan fingerprint density at radius 3 is 2.92 bits per heavy atom. The van der Waals surface area contributed by atoms with Gasteiger partial charge in [-0.25, -0.2) is 4.68 Å². The quantitative estimate of drug-likeness (QED) is 0.853. The SMILES string of the molecule is CNCc1cc(OCc2cccc(Cl)c2)n(C2CC3CCC2C3)n1. The summed E-state index contributed by atoms with van der Waals surface area (Å²) in [7, 11) is 1.95. The minimum Gasteiger partial charge on any atom is -0.473 e. The standard InChI is InChI=1S/C19H24ClN3O/c1-21-11-17-10-19(24-12-14-3-2-4-16(20)8-14)23(22-17)18-9-13-5-6-15(18)7-13/h2-4,8,10,13,15,18,21H,5-7,9,11-12H2,1H3. The summed E-state index contributed by atoms with van der Waals surface area (Å²) in [6, 6.07) is 10.4. The molecule has 2 bridgehead atoms. The molecule has 2 aromatic rings. The van der Waals surface area contributed by atoms with Gasteiger partial charge < -0.3 is 10.1 Å². The zero-order chi connectivity index (χ0) is 16.5. The number of nitrogens with one attached hydrogen (secondary N) is 1. The molecule has 2 fully saturated rings. The monoisotopic (exact) mass is 345 g/mol. The first-order chi connectivity index (χ1) is 11.7. The molecule has 3 atom stereocenters. The van der Waals surface area contributed by atoms with Crippen molar-refractivity contribution in [3.63, 3.8) is 0 Å². The Bertz CT molecular complexity index is 714. The largest absolute Gasteiger partial charge is 0.473 e. The van der Waals surface area contributed by atoms with E-state index < -0.39 is 0 Å². The van der Waals surface area contributed by atoms with E-state index in [1.54, 1.807) is 0 Å². The lowest BCUT2D eigenvalue weighted by molar-refractivity contribution is 0.229. The minimum atomic E-state index is 0.503. The fraction of sp³-hybridized carbons (Fsp3) is 0.526. The third kappa shape index (κ3) is 3.17. The first-order valence-corrected chi connectivity index (χ1v) is 9.21. The van der Waals surface area contributed by atoms with Gasteiger partial charge in [0.25, 0.3) is 0 Å². The van der Waals surface area contributed by atoms with E-state index in [1.165, 1.54) is 25.7 Å². The van der Waals surface area contributed by atoms with E-state index in [4.69, 9.17) is 21.4 Å². The molecule has 1 heterocycles. The number of nitrogens with zero attached hydrogens (tertiary/aromatic N) is 2. The number of hydrogen-bond acceptors (Lipinski definition) is 3. The second kappa shape index (κ2) is 6.77. The molecule has 4 rings (SSSR count). The summed E-state index contributed by atoms with van der Waals surface area (Å²) in [4.78, 5) is 0. The molecule has 128 valence electrons. The zero-order valence-corrected chi connectivity index (χ0v) is 14.8. The first kappa shape index (κ1) is 16.0. The fourth-order valence-electron chi connectivity index (χ4n) is 4.33. The van der Waals surface area contributed by atoms with Gasteiger partial charge in [0.1, 0.15) is 6.61 Å². The summed E-state index contributed by atoms with van der Waals surface area (Å²) in [6.45, 7) is 1.29. The molecule has 4 nitrogen and oxygen atoms in total. The molecule has 0 amide bonds. The van der Waals surface area contributed by atoms with E-state index in [9.17, 15) is 0 Å². The highest BCUT2D eigenvalue weighted by Gasteiger charge is 2.41. The highest BCUT2D eigenvalue weighted by molar-refractivity contribution is 6.30. The Labute approximate surface area is 148 Å². The van der Waals surface area contributed by atoms with Gasteiger partial charge >= 0.3 is 0 Å². The Kier molecular flexibility index (Phi) is 4.51. The van der Waals surface area contributed by atoms with Crippen LogP contribution in [0.15, 0.2) is 30.3 Å². The van der Waals surface area contributed by atoms with Gasteiger partial charge in [0.15, 0.2) is 0 Å².